The SMILES string of the molecule is CC1=NN(c2ccc(/C=C/c3ccc(Nc4nc(N)nc(Nc5ccc(/C=C/c6ccc(N7N=C(C)CC7=O)cc6S(=O)(=O)O)c(S(=O)(=O)O)c5)n4)cc3S(=O)(=O)O)c(S(=O)(=O)O)c2)C(=O)C1. The molecular formula is C39H34N10O14S4. The molecule has 0 saturated heterocycles. The number of nitrogen functional groups attached to an aromatic ring is 1. The van der Waals surface area contributed by atoms with Crippen LogP contribution in [-0.2, 0) is 50.1 Å². The van der Waals surface area contributed by atoms with Crippen LogP contribution in [0.4, 0.5) is 40.6 Å². The van der Waals surface area contributed by atoms with Gasteiger partial charge >= 0.3 is 0 Å². The van der Waals surface area contributed by atoms with E-state index in [1.165, 1.54) is 48.5 Å². The van der Waals surface area contributed by atoms with Crippen molar-refractivity contribution in [3.63, 3.8) is 0 Å². The van der Waals surface area contributed by atoms with Gasteiger partial charge in [0, 0.05) is 22.8 Å². The van der Waals surface area contributed by atoms with Crippen molar-refractivity contribution in [1.82, 2.24) is 15.0 Å². The molecule has 0 unspecified atom stereocenters. The van der Waals surface area contributed by atoms with Gasteiger partial charge in [-0.3, -0.25) is 27.8 Å². The highest BCUT2D eigenvalue weighted by Gasteiger charge is 2.27. The Labute approximate surface area is 381 Å². The smallest absolute Gasteiger partial charge is 0.295 e. The van der Waals surface area contributed by atoms with Gasteiger partial charge in [-0.1, -0.05) is 48.6 Å². The number of nitrogens with two attached hydrogens (primary N) is 1. The van der Waals surface area contributed by atoms with E-state index in [0.29, 0.717) is 11.4 Å². The number of carbonyl (C=O) groups is 2. The summed E-state index contributed by atoms with van der Waals surface area (Å²) < 4.78 is 140. The van der Waals surface area contributed by atoms with Crippen LogP contribution >= 0.6 is 0 Å². The fourth-order valence-corrected chi connectivity index (χ4v) is 9.44. The molecule has 4 aromatic carbocycles. The van der Waals surface area contributed by atoms with E-state index in [0.717, 1.165) is 58.6 Å². The first-order chi connectivity index (χ1) is 31.2. The second kappa shape index (κ2) is 17.8. The van der Waals surface area contributed by atoms with Crippen LogP contribution in [0, 0.1) is 0 Å². The minimum Gasteiger partial charge on any atom is -0.368 e. The standard InChI is InChI=1S/C39H34N10O14S4/c1-21-15-35(50)48(46-21)29-13-9-25(33(19-29)66(58,59)60)5-3-23-7-11-27(17-31(23)64(52,53)54)41-38-43-37(40)44-39(45-38)42-28-12-8-24(32(18-28)65(55,56)57)4-6-26-10-14-30(20-34(26)67(61,62)63)49-36(51)16-22(2)47-49/h3-14,17-20H,15-16H2,1-2H3,(H,52,53,54)(H,55,56,57)(H,58,59,60)(H,61,62,63)(H4,40,41,42,43,44,45)/b5-3+,6-4+. The number of hydrogen-bond donors (Lipinski definition) is 7. The molecule has 0 saturated carbocycles. The van der Waals surface area contributed by atoms with E-state index in [9.17, 15) is 61.5 Å². The molecule has 2 amide bonds. The Kier molecular flexibility index (Phi) is 12.7. The molecule has 8 N–H and O–H groups in total. The summed E-state index contributed by atoms with van der Waals surface area (Å²) >= 11 is 0. The molecule has 0 radical (unpaired) electrons. The van der Waals surface area contributed by atoms with E-state index < -0.39 is 77.8 Å². The molecule has 2 aliphatic heterocycles. The Bertz CT molecular complexity index is 3300. The molecule has 0 atom stereocenters. The van der Waals surface area contributed by atoms with Crippen molar-refractivity contribution in [2.24, 2.45) is 10.2 Å². The Morgan fingerprint density at radius 1 is 0.507 bits per heavy atom. The number of aromatic nitrogens is 3. The van der Waals surface area contributed by atoms with Crippen molar-refractivity contribution in [3.8, 4) is 0 Å². The fourth-order valence-electron chi connectivity index (χ4n) is 6.61. The third kappa shape index (κ3) is 11.0. The summed E-state index contributed by atoms with van der Waals surface area (Å²) in [6, 6.07) is 14.3. The number of amides is 2. The predicted octanol–water partition coefficient (Wildman–Crippen LogP) is 4.49. The average molecular weight is 995 g/mol. The van der Waals surface area contributed by atoms with E-state index in [1.54, 1.807) is 13.8 Å². The molecular weight excluding hydrogens is 961 g/mol. The molecule has 67 heavy (non-hydrogen) atoms. The molecule has 2 aliphatic rings. The van der Waals surface area contributed by atoms with Gasteiger partial charge in [0.05, 0.1) is 24.2 Å². The van der Waals surface area contributed by atoms with Crippen LogP contribution in [0.25, 0.3) is 24.3 Å². The number of hydrazone groups is 2. The van der Waals surface area contributed by atoms with Gasteiger partial charge in [0.2, 0.25) is 17.8 Å². The van der Waals surface area contributed by atoms with Crippen LogP contribution < -0.4 is 26.4 Å². The van der Waals surface area contributed by atoms with Crippen LogP contribution in [0.1, 0.15) is 48.9 Å². The fraction of sp³-hybridized carbons (Fsp3) is 0.103. The first-order valence-electron chi connectivity index (χ1n) is 18.8. The zero-order chi connectivity index (χ0) is 48.8. The maximum Gasteiger partial charge on any atom is 0.295 e. The largest absolute Gasteiger partial charge is 0.368 e. The first kappa shape index (κ1) is 47.6. The Balaban J connectivity index is 1.13. The van der Waals surface area contributed by atoms with Crippen molar-refractivity contribution in [2.75, 3.05) is 26.4 Å². The molecule has 0 bridgehead atoms. The lowest BCUT2D eigenvalue weighted by atomic mass is 10.1. The average Bonchev–Trinajstić information content (AvgIpc) is 3.75. The summed E-state index contributed by atoms with van der Waals surface area (Å²) in [6.45, 7) is 3.21. The molecule has 7 rings (SSSR count). The van der Waals surface area contributed by atoms with Gasteiger partial charge in [-0.05, 0) is 84.6 Å². The number of nitrogens with zero attached hydrogens (tertiary/aromatic N) is 7. The molecule has 24 nitrogen and oxygen atoms in total. The van der Waals surface area contributed by atoms with Crippen LogP contribution in [0.3, 0.4) is 0 Å². The van der Waals surface area contributed by atoms with Gasteiger partial charge in [0.15, 0.2) is 0 Å². The van der Waals surface area contributed by atoms with Crippen LogP contribution in [0.15, 0.2) is 103 Å². The van der Waals surface area contributed by atoms with Crippen LogP contribution in [-0.4, -0.2) is 90.1 Å². The van der Waals surface area contributed by atoms with Crippen molar-refractivity contribution >= 4 is 129 Å². The summed E-state index contributed by atoms with van der Waals surface area (Å²) in [5, 5.41) is 15.5. The molecule has 3 heterocycles. The zero-order valence-electron chi connectivity index (χ0n) is 34.4. The quantitative estimate of drug-likeness (QED) is 0.0595. The van der Waals surface area contributed by atoms with Crippen molar-refractivity contribution in [2.45, 2.75) is 46.3 Å². The lowest BCUT2D eigenvalue weighted by Gasteiger charge is -2.14. The number of carbonyl (C=O) groups excluding carboxylic acids is 2. The molecule has 5 aromatic rings. The van der Waals surface area contributed by atoms with E-state index in [-0.39, 0.29) is 69.7 Å². The van der Waals surface area contributed by atoms with E-state index in [1.807, 2.05) is 0 Å². The number of hydrogen-bond acceptors (Lipinski definition) is 18. The Morgan fingerprint density at radius 2 is 0.821 bits per heavy atom. The maximum atomic E-state index is 12.5. The van der Waals surface area contributed by atoms with Crippen LogP contribution in [0.5, 0.6) is 0 Å². The molecule has 0 spiro atoms. The summed E-state index contributed by atoms with van der Waals surface area (Å²) in [7, 11) is -19.7. The van der Waals surface area contributed by atoms with Crippen molar-refractivity contribution < 1.29 is 61.5 Å². The summed E-state index contributed by atoms with van der Waals surface area (Å²) in [5.41, 5.74) is 6.39. The number of anilines is 7. The van der Waals surface area contributed by atoms with E-state index in [2.05, 4.69) is 35.8 Å². The maximum absolute atomic E-state index is 12.5. The van der Waals surface area contributed by atoms with Gasteiger partial charge in [-0.2, -0.15) is 58.8 Å². The number of rotatable bonds is 14. The number of benzene rings is 4. The lowest BCUT2D eigenvalue weighted by Crippen LogP contribution is -2.20. The monoisotopic (exact) mass is 994 g/mol. The lowest BCUT2D eigenvalue weighted by molar-refractivity contribution is -0.117. The molecule has 348 valence electrons. The van der Waals surface area contributed by atoms with E-state index in [4.69, 9.17) is 5.73 Å². The summed E-state index contributed by atoms with van der Waals surface area (Å²) in [6.07, 6.45) is 4.62. The summed E-state index contributed by atoms with van der Waals surface area (Å²) in [5.74, 6) is -1.84. The second-order valence-corrected chi connectivity index (χ2v) is 20.1. The van der Waals surface area contributed by atoms with Gasteiger partial charge in [0.1, 0.15) is 19.6 Å². The number of nitrogens with one attached hydrogen (secondary N) is 2. The molecule has 28 heteroatoms. The molecule has 0 fully saturated rings. The van der Waals surface area contributed by atoms with Gasteiger partial charge in [0.25, 0.3) is 52.3 Å². The highest BCUT2D eigenvalue weighted by Crippen LogP contribution is 2.32. The van der Waals surface area contributed by atoms with Gasteiger partial charge in [-0.15, -0.1) is 0 Å². The van der Waals surface area contributed by atoms with Crippen molar-refractivity contribution in [1.29, 1.82) is 0 Å². The second-order valence-electron chi connectivity index (χ2n) is 14.5. The highest BCUT2D eigenvalue weighted by molar-refractivity contribution is 7.86. The first-order valence-corrected chi connectivity index (χ1v) is 24.6. The van der Waals surface area contributed by atoms with E-state index >= 15 is 0 Å². The normalized spacial score (nSPS) is 14.9. The van der Waals surface area contributed by atoms with Gasteiger partial charge < -0.3 is 16.4 Å². The third-order valence-electron chi connectivity index (χ3n) is 9.50. The minimum atomic E-state index is -4.97. The zero-order valence-corrected chi connectivity index (χ0v) is 37.6. The topological polar surface area (TPSA) is 372 Å². The third-order valence-corrected chi connectivity index (χ3v) is 13.1. The van der Waals surface area contributed by atoms with Crippen LogP contribution in [0.2, 0.25) is 0 Å². The van der Waals surface area contributed by atoms with Crippen molar-refractivity contribution in [3.05, 3.63) is 95.1 Å². The van der Waals surface area contributed by atoms with Gasteiger partial charge in [-0.25, -0.2) is 10.0 Å². The Morgan fingerprint density at radius 3 is 1.12 bits per heavy atom. The molecule has 1 aromatic heterocycles. The minimum absolute atomic E-state index is 0.00889. The highest BCUT2D eigenvalue weighted by atomic mass is 32.2. The Hall–Kier alpha value is -7.31. The predicted molar refractivity (Wildman–Crippen MR) is 244 cm³/mol. The summed E-state index contributed by atoms with van der Waals surface area (Å²) in [4.78, 5) is 34.1. The molecule has 0 aliphatic carbocycles.